The zero-order valence-corrected chi connectivity index (χ0v) is 10.8. The fourth-order valence-corrected chi connectivity index (χ4v) is 1.77. The molecule has 0 aromatic rings. The van der Waals surface area contributed by atoms with E-state index in [1.54, 1.807) is 0 Å². The van der Waals surface area contributed by atoms with Crippen LogP contribution in [0.3, 0.4) is 0 Å². The Morgan fingerprint density at radius 3 is 2.62 bits per heavy atom. The Labute approximate surface area is 98.1 Å². The Morgan fingerprint density at radius 1 is 1.44 bits per heavy atom. The van der Waals surface area contributed by atoms with Gasteiger partial charge in [-0.3, -0.25) is 0 Å². The van der Waals surface area contributed by atoms with Crippen LogP contribution in [0.15, 0.2) is 0 Å². The summed E-state index contributed by atoms with van der Waals surface area (Å²) in [5.41, 5.74) is -0.413. The molecule has 1 aliphatic rings. The molecule has 1 amide bonds. The van der Waals surface area contributed by atoms with Crippen LogP contribution in [0.2, 0.25) is 0 Å². The Balaban J connectivity index is 2.17. The number of alkyl carbamates (subject to hydrolysis) is 1. The molecule has 2 N–H and O–H groups in total. The van der Waals surface area contributed by atoms with Crippen molar-refractivity contribution in [3.05, 3.63) is 0 Å². The molecule has 1 saturated heterocycles. The second-order valence-electron chi connectivity index (χ2n) is 5.64. The third kappa shape index (κ3) is 5.35. The highest BCUT2D eigenvalue weighted by molar-refractivity contribution is 5.67. The minimum atomic E-state index is -0.413. The number of hydrogen-bond donors (Lipinski definition) is 2. The molecule has 0 aromatic heterocycles. The summed E-state index contributed by atoms with van der Waals surface area (Å²) in [6.45, 7) is 9.49. The second kappa shape index (κ2) is 5.53. The molecule has 0 aliphatic carbocycles. The van der Waals surface area contributed by atoms with Crippen LogP contribution < -0.4 is 10.6 Å². The van der Waals surface area contributed by atoms with Gasteiger partial charge in [-0.05, 0) is 53.0 Å². The van der Waals surface area contributed by atoms with Gasteiger partial charge >= 0.3 is 6.09 Å². The lowest BCUT2D eigenvalue weighted by atomic mass is 9.95. The summed E-state index contributed by atoms with van der Waals surface area (Å²) in [6.07, 6.45) is 2.04. The summed E-state index contributed by atoms with van der Waals surface area (Å²) in [5.74, 6) is 0.531. The van der Waals surface area contributed by atoms with Gasteiger partial charge in [0.05, 0.1) is 0 Å². The van der Waals surface area contributed by atoms with Gasteiger partial charge in [-0.25, -0.2) is 4.79 Å². The first-order valence-corrected chi connectivity index (χ1v) is 6.07. The largest absolute Gasteiger partial charge is 0.444 e. The van der Waals surface area contributed by atoms with Gasteiger partial charge in [0.1, 0.15) is 5.60 Å². The van der Waals surface area contributed by atoms with Gasteiger partial charge in [-0.15, -0.1) is 0 Å². The van der Waals surface area contributed by atoms with Crippen LogP contribution in [0, 0.1) is 5.92 Å². The number of amides is 1. The summed E-state index contributed by atoms with van der Waals surface area (Å²) < 4.78 is 5.18. The molecule has 1 aliphatic heterocycles. The van der Waals surface area contributed by atoms with Gasteiger partial charge in [0, 0.05) is 12.6 Å². The Hall–Kier alpha value is -0.770. The highest BCUT2D eigenvalue weighted by atomic mass is 16.6. The zero-order valence-electron chi connectivity index (χ0n) is 10.8. The first-order chi connectivity index (χ1) is 7.37. The number of nitrogens with one attached hydrogen (secondary N) is 2. The van der Waals surface area contributed by atoms with Crippen molar-refractivity contribution >= 4 is 6.09 Å². The normalized spacial score (nSPS) is 26.2. The van der Waals surface area contributed by atoms with E-state index in [0.29, 0.717) is 18.5 Å². The molecule has 1 fully saturated rings. The van der Waals surface area contributed by atoms with Crippen molar-refractivity contribution in [2.24, 2.45) is 5.92 Å². The number of carbonyl (C=O) groups is 1. The topological polar surface area (TPSA) is 50.4 Å². The van der Waals surface area contributed by atoms with Crippen molar-refractivity contribution in [3.8, 4) is 0 Å². The monoisotopic (exact) mass is 228 g/mol. The molecule has 0 saturated carbocycles. The number of carbonyl (C=O) groups excluding carboxylic acids is 1. The van der Waals surface area contributed by atoms with E-state index < -0.39 is 5.60 Å². The van der Waals surface area contributed by atoms with Crippen molar-refractivity contribution in [3.63, 3.8) is 0 Å². The third-order valence-corrected chi connectivity index (χ3v) is 2.70. The summed E-state index contributed by atoms with van der Waals surface area (Å²) in [4.78, 5) is 11.4. The molecule has 4 nitrogen and oxygen atoms in total. The highest BCUT2D eigenvalue weighted by Gasteiger charge is 2.20. The molecule has 4 heteroatoms. The Kier molecular flexibility index (Phi) is 4.59. The van der Waals surface area contributed by atoms with Crippen LogP contribution in [0.5, 0.6) is 0 Å². The van der Waals surface area contributed by atoms with Crippen molar-refractivity contribution < 1.29 is 9.53 Å². The molecule has 0 radical (unpaired) electrons. The molecule has 2 atom stereocenters. The average molecular weight is 228 g/mol. The summed E-state index contributed by atoms with van der Waals surface area (Å²) >= 11 is 0. The van der Waals surface area contributed by atoms with Crippen LogP contribution in [0.4, 0.5) is 4.79 Å². The van der Waals surface area contributed by atoms with Gasteiger partial charge in [-0.1, -0.05) is 0 Å². The summed E-state index contributed by atoms with van der Waals surface area (Å²) in [6, 6.07) is 0.609. The molecule has 0 spiro atoms. The van der Waals surface area contributed by atoms with E-state index in [1.807, 2.05) is 20.8 Å². The fourth-order valence-electron chi connectivity index (χ4n) is 1.77. The number of ether oxygens (including phenoxy) is 1. The lowest BCUT2D eigenvalue weighted by Crippen LogP contribution is -2.43. The van der Waals surface area contributed by atoms with E-state index >= 15 is 0 Å². The maximum Gasteiger partial charge on any atom is 0.407 e. The Morgan fingerprint density at radius 2 is 2.12 bits per heavy atom. The van der Waals surface area contributed by atoms with Crippen LogP contribution in [-0.4, -0.2) is 30.8 Å². The van der Waals surface area contributed by atoms with E-state index in [1.165, 1.54) is 12.8 Å². The van der Waals surface area contributed by atoms with Gasteiger partial charge < -0.3 is 15.4 Å². The molecular formula is C12H24N2O2. The van der Waals surface area contributed by atoms with Crippen LogP contribution in [-0.2, 0) is 4.74 Å². The molecule has 0 bridgehead atoms. The molecule has 0 unspecified atom stereocenters. The molecule has 1 rings (SSSR count). The number of hydrogen-bond acceptors (Lipinski definition) is 3. The Bertz CT molecular complexity index is 228. The van der Waals surface area contributed by atoms with Crippen LogP contribution in [0.25, 0.3) is 0 Å². The van der Waals surface area contributed by atoms with Gasteiger partial charge in [0.25, 0.3) is 0 Å². The molecular weight excluding hydrogens is 204 g/mol. The predicted molar refractivity (Wildman–Crippen MR) is 64.4 cm³/mol. The lowest BCUT2D eigenvalue weighted by molar-refractivity contribution is 0.0516. The lowest BCUT2D eigenvalue weighted by Gasteiger charge is -2.28. The maximum absolute atomic E-state index is 11.4. The van der Waals surface area contributed by atoms with Gasteiger partial charge in [-0.2, -0.15) is 0 Å². The van der Waals surface area contributed by atoms with E-state index in [0.717, 1.165) is 6.54 Å². The van der Waals surface area contributed by atoms with Gasteiger partial charge in [0.2, 0.25) is 0 Å². The van der Waals surface area contributed by atoms with Crippen molar-refractivity contribution in [2.75, 3.05) is 13.1 Å². The molecule has 1 heterocycles. The summed E-state index contributed by atoms with van der Waals surface area (Å²) in [7, 11) is 0. The maximum atomic E-state index is 11.4. The van der Waals surface area contributed by atoms with Crippen LogP contribution in [0.1, 0.15) is 40.5 Å². The van der Waals surface area contributed by atoms with Crippen molar-refractivity contribution in [1.29, 1.82) is 0 Å². The average Bonchev–Trinajstić information content (AvgIpc) is 2.14. The molecule has 16 heavy (non-hydrogen) atoms. The standard InChI is InChI=1S/C12H24N2O2/c1-9-5-6-10(7-13-9)8-14-11(15)16-12(2,3)4/h9-10,13H,5-8H2,1-4H3,(H,14,15)/t9-,10+/m0/s1. The zero-order chi connectivity index (χ0) is 12.2. The minimum Gasteiger partial charge on any atom is -0.444 e. The van der Waals surface area contributed by atoms with E-state index in [2.05, 4.69) is 17.6 Å². The highest BCUT2D eigenvalue weighted by Crippen LogP contribution is 2.13. The second-order valence-corrected chi connectivity index (χ2v) is 5.64. The first-order valence-electron chi connectivity index (χ1n) is 6.07. The van der Waals surface area contributed by atoms with Gasteiger partial charge in [0.15, 0.2) is 0 Å². The summed E-state index contributed by atoms with van der Waals surface area (Å²) in [5, 5.41) is 6.23. The van der Waals surface area contributed by atoms with Crippen LogP contribution >= 0.6 is 0 Å². The minimum absolute atomic E-state index is 0.314. The van der Waals surface area contributed by atoms with E-state index in [9.17, 15) is 4.79 Å². The number of rotatable bonds is 2. The predicted octanol–water partition coefficient (Wildman–Crippen LogP) is 1.90. The van der Waals surface area contributed by atoms with Crippen molar-refractivity contribution in [2.45, 2.75) is 52.2 Å². The quantitative estimate of drug-likeness (QED) is 0.759. The fraction of sp³-hybridized carbons (Fsp3) is 0.917. The SMILES string of the molecule is C[C@H]1CC[C@@H](CNC(=O)OC(C)(C)C)CN1. The first kappa shape index (κ1) is 13.3. The smallest absolute Gasteiger partial charge is 0.407 e. The van der Waals surface area contributed by atoms with Crippen molar-refractivity contribution in [1.82, 2.24) is 10.6 Å². The third-order valence-electron chi connectivity index (χ3n) is 2.70. The number of piperidine rings is 1. The molecule has 94 valence electrons. The molecule has 0 aromatic carbocycles. The van der Waals surface area contributed by atoms with E-state index in [-0.39, 0.29) is 6.09 Å². The van der Waals surface area contributed by atoms with E-state index in [4.69, 9.17) is 4.74 Å².